The van der Waals surface area contributed by atoms with E-state index in [0.29, 0.717) is 0 Å². The van der Waals surface area contributed by atoms with E-state index in [1.165, 1.54) is 11.1 Å². The molecule has 1 unspecified atom stereocenters. The van der Waals surface area contributed by atoms with Gasteiger partial charge in [0.05, 0.1) is 5.92 Å². The number of hydrogen-bond acceptors (Lipinski definition) is 2. The topological polar surface area (TPSA) is 26.3 Å². The molecule has 2 nitrogen and oxygen atoms in total. The Hall–Kier alpha value is -0.730. The lowest BCUT2D eigenvalue weighted by molar-refractivity contribution is -0.151. The van der Waals surface area contributed by atoms with Gasteiger partial charge in [-0.15, -0.1) is 6.58 Å². The van der Waals surface area contributed by atoms with Crippen molar-refractivity contribution in [1.29, 1.82) is 0 Å². The Labute approximate surface area is 136 Å². The second-order valence-electron chi connectivity index (χ2n) is 6.62. The number of allylic oxidation sites excluding steroid dienone is 2. The predicted octanol–water partition coefficient (Wildman–Crippen LogP) is 5.18. The molecular weight excluding hydrogens is 307 g/mol. The second kappa shape index (κ2) is 6.18. The van der Waals surface area contributed by atoms with Crippen molar-refractivity contribution in [3.8, 4) is 0 Å². The smallest absolute Gasteiger partial charge is 0.310 e. The molecule has 116 valence electrons. The summed E-state index contributed by atoms with van der Waals surface area (Å²) in [6.45, 7) is 9.95. The molecule has 0 bridgehead atoms. The summed E-state index contributed by atoms with van der Waals surface area (Å²) in [5.74, 6) is -0.208. The van der Waals surface area contributed by atoms with Crippen molar-refractivity contribution in [2.24, 2.45) is 17.3 Å². The van der Waals surface area contributed by atoms with Gasteiger partial charge in [-0.05, 0) is 30.8 Å². The highest BCUT2D eigenvalue weighted by Gasteiger charge is 2.61. The Kier molecular flexibility index (Phi) is 4.89. The molecule has 0 saturated heterocycles. The lowest BCUT2D eigenvalue weighted by atomic mass is 10.1. The molecule has 0 radical (unpaired) electrons. The summed E-state index contributed by atoms with van der Waals surface area (Å²) in [5.41, 5.74) is 2.54. The fraction of sp³-hybridized carbons (Fsp3) is 0.588. The van der Waals surface area contributed by atoms with Gasteiger partial charge in [-0.2, -0.15) is 0 Å². The first kappa shape index (κ1) is 16.6. The second-order valence-corrected chi connectivity index (χ2v) is 7.63. The number of esters is 1. The molecule has 4 heteroatoms. The molecule has 0 aromatic rings. The first-order chi connectivity index (χ1) is 9.77. The number of carbonyl (C=O) groups excluding carboxylic acids is 1. The standard InChI is InChI=1S/C17H22Cl2O2/c1-5-6-11-8-12(7-10(11)2)21-16(20)15-13(9-14(18)19)17(15,3)4/h5,9,12-13,15H,1,6-8H2,2-4H3/t12?,13-,15+/m1/s1. The minimum atomic E-state index is -0.145. The van der Waals surface area contributed by atoms with E-state index in [4.69, 9.17) is 27.9 Å². The van der Waals surface area contributed by atoms with Crippen molar-refractivity contribution in [3.63, 3.8) is 0 Å². The van der Waals surface area contributed by atoms with Crippen LogP contribution in [0.25, 0.3) is 0 Å². The molecule has 0 spiro atoms. The molecule has 2 aliphatic rings. The maximum Gasteiger partial charge on any atom is 0.310 e. The number of rotatable bonds is 5. The van der Waals surface area contributed by atoms with Crippen molar-refractivity contribution < 1.29 is 9.53 Å². The van der Waals surface area contributed by atoms with Gasteiger partial charge in [-0.3, -0.25) is 4.79 Å². The largest absolute Gasteiger partial charge is 0.461 e. The van der Waals surface area contributed by atoms with Crippen molar-refractivity contribution >= 4 is 29.2 Å². The molecule has 0 aromatic heterocycles. The maximum atomic E-state index is 12.4. The van der Waals surface area contributed by atoms with E-state index in [1.807, 2.05) is 19.9 Å². The summed E-state index contributed by atoms with van der Waals surface area (Å²) in [4.78, 5) is 12.4. The van der Waals surface area contributed by atoms with E-state index in [9.17, 15) is 4.79 Å². The summed E-state index contributed by atoms with van der Waals surface area (Å²) < 4.78 is 5.92. The molecule has 0 aliphatic heterocycles. The van der Waals surface area contributed by atoms with Crippen LogP contribution in [0.15, 0.2) is 34.4 Å². The van der Waals surface area contributed by atoms with Gasteiger partial charge >= 0.3 is 5.97 Å². The van der Waals surface area contributed by atoms with Crippen LogP contribution in [-0.4, -0.2) is 12.1 Å². The highest BCUT2D eigenvalue weighted by Crippen LogP contribution is 2.60. The zero-order valence-corrected chi connectivity index (χ0v) is 14.3. The summed E-state index contributed by atoms with van der Waals surface area (Å²) in [6.07, 6.45) is 6.15. The highest BCUT2D eigenvalue weighted by atomic mass is 35.5. The van der Waals surface area contributed by atoms with E-state index >= 15 is 0 Å². The minimum absolute atomic E-state index is 0.0278. The average molecular weight is 329 g/mol. The Morgan fingerprint density at radius 3 is 2.67 bits per heavy atom. The average Bonchev–Trinajstić information content (AvgIpc) is 2.70. The SMILES string of the molecule is C=CCC1=C(C)CC(OC(=O)[C@@H]2[C@@H](C=C(Cl)Cl)C2(C)C)C1. The van der Waals surface area contributed by atoms with Crippen LogP contribution < -0.4 is 0 Å². The van der Waals surface area contributed by atoms with Crippen LogP contribution in [-0.2, 0) is 9.53 Å². The Morgan fingerprint density at radius 2 is 2.10 bits per heavy atom. The normalized spacial score (nSPS) is 30.0. The van der Waals surface area contributed by atoms with E-state index in [1.54, 1.807) is 6.08 Å². The molecule has 2 aliphatic carbocycles. The first-order valence-electron chi connectivity index (χ1n) is 7.29. The van der Waals surface area contributed by atoms with E-state index in [-0.39, 0.29) is 33.8 Å². The zero-order valence-electron chi connectivity index (χ0n) is 12.8. The maximum absolute atomic E-state index is 12.4. The highest BCUT2D eigenvalue weighted by molar-refractivity contribution is 6.55. The third-order valence-electron chi connectivity index (χ3n) is 4.76. The van der Waals surface area contributed by atoms with Crippen LogP contribution in [0.4, 0.5) is 0 Å². The Bertz CT molecular complexity index is 513. The van der Waals surface area contributed by atoms with Crippen LogP contribution in [0.2, 0.25) is 0 Å². The van der Waals surface area contributed by atoms with Crippen molar-refractivity contribution in [1.82, 2.24) is 0 Å². The fourth-order valence-corrected chi connectivity index (χ4v) is 3.61. The third-order valence-corrected chi connectivity index (χ3v) is 5.01. The van der Waals surface area contributed by atoms with Crippen LogP contribution in [0.1, 0.15) is 40.0 Å². The van der Waals surface area contributed by atoms with Crippen molar-refractivity contribution in [3.05, 3.63) is 34.4 Å². The lowest BCUT2D eigenvalue weighted by Gasteiger charge is -2.13. The number of hydrogen-bond donors (Lipinski definition) is 0. The number of ether oxygens (including phenoxy) is 1. The molecule has 21 heavy (non-hydrogen) atoms. The first-order valence-corrected chi connectivity index (χ1v) is 8.04. The van der Waals surface area contributed by atoms with Gasteiger partial charge in [0.1, 0.15) is 10.6 Å². The predicted molar refractivity (Wildman–Crippen MR) is 87.2 cm³/mol. The third kappa shape index (κ3) is 3.54. The monoisotopic (exact) mass is 328 g/mol. The van der Waals surface area contributed by atoms with Gasteiger partial charge in [0.15, 0.2) is 0 Å². The summed E-state index contributed by atoms with van der Waals surface area (Å²) >= 11 is 11.4. The van der Waals surface area contributed by atoms with Gasteiger partial charge in [0.25, 0.3) is 0 Å². The zero-order chi connectivity index (χ0) is 15.8. The molecule has 1 saturated carbocycles. The van der Waals surface area contributed by atoms with Gasteiger partial charge in [-0.25, -0.2) is 0 Å². The van der Waals surface area contributed by atoms with Crippen LogP contribution in [0.3, 0.4) is 0 Å². The summed E-state index contributed by atoms with van der Waals surface area (Å²) in [6, 6.07) is 0. The molecule has 1 fully saturated rings. The fourth-order valence-electron chi connectivity index (χ4n) is 3.33. The molecule has 3 atom stereocenters. The van der Waals surface area contributed by atoms with Crippen LogP contribution >= 0.6 is 23.2 Å². The molecular formula is C17H22Cl2O2. The van der Waals surface area contributed by atoms with Gasteiger partial charge in [-0.1, -0.05) is 54.3 Å². The number of carbonyl (C=O) groups is 1. The minimum Gasteiger partial charge on any atom is -0.461 e. The number of halogens is 2. The quantitative estimate of drug-likeness (QED) is 0.513. The molecule has 2 rings (SSSR count). The molecule has 0 aromatic carbocycles. The summed E-state index contributed by atoms with van der Waals surface area (Å²) in [5, 5.41) is 0. The molecule has 0 N–H and O–H groups in total. The van der Waals surface area contributed by atoms with Crippen LogP contribution in [0.5, 0.6) is 0 Å². The summed E-state index contributed by atoms with van der Waals surface area (Å²) in [7, 11) is 0. The van der Waals surface area contributed by atoms with Gasteiger partial charge < -0.3 is 4.74 Å². The van der Waals surface area contributed by atoms with E-state index in [2.05, 4.69) is 13.5 Å². The van der Waals surface area contributed by atoms with E-state index < -0.39 is 0 Å². The van der Waals surface area contributed by atoms with Crippen molar-refractivity contribution in [2.45, 2.75) is 46.1 Å². The Morgan fingerprint density at radius 1 is 1.43 bits per heavy atom. The van der Waals surface area contributed by atoms with Gasteiger partial charge in [0, 0.05) is 12.8 Å². The Balaban J connectivity index is 1.93. The molecule has 0 heterocycles. The van der Waals surface area contributed by atoms with Crippen molar-refractivity contribution in [2.75, 3.05) is 0 Å². The van der Waals surface area contributed by atoms with Crippen LogP contribution in [0, 0.1) is 17.3 Å². The lowest BCUT2D eigenvalue weighted by Crippen LogP contribution is -2.19. The molecule has 0 amide bonds. The van der Waals surface area contributed by atoms with Gasteiger partial charge in [0.2, 0.25) is 0 Å². The van der Waals surface area contributed by atoms with E-state index in [0.717, 1.165) is 19.3 Å².